The van der Waals surface area contributed by atoms with Gasteiger partial charge in [-0.1, -0.05) is 29.4 Å². The molecule has 0 saturated carbocycles. The van der Waals surface area contributed by atoms with Gasteiger partial charge >= 0.3 is 12.4 Å². The van der Waals surface area contributed by atoms with Crippen LogP contribution in [0.25, 0.3) is 33.9 Å². The maximum Gasteiger partial charge on any atom is 0.422 e. The highest BCUT2D eigenvalue weighted by Gasteiger charge is 2.31. The van der Waals surface area contributed by atoms with Gasteiger partial charge in [0.15, 0.2) is 6.61 Å². The Labute approximate surface area is 297 Å². The number of carbonyl (C=O) groups excluding carboxylic acids is 1. The molecule has 1 aliphatic heterocycles. The first-order valence-corrected chi connectivity index (χ1v) is 16.2. The molecule has 0 N–H and O–H groups in total. The number of benzene rings is 3. The molecule has 1 saturated heterocycles. The molecule has 0 aliphatic carbocycles. The number of alkyl halides is 6. The molecule has 3 aromatic heterocycles. The molecule has 0 bridgehead atoms. The van der Waals surface area contributed by atoms with Crippen molar-refractivity contribution >= 4 is 16.8 Å². The Hall–Kier alpha value is -5.97. The highest BCUT2D eigenvalue weighted by Crippen LogP contribution is 2.32. The lowest BCUT2D eigenvalue weighted by Gasteiger charge is -2.34. The van der Waals surface area contributed by atoms with Crippen molar-refractivity contribution in [1.82, 2.24) is 34.5 Å². The Bertz CT molecular complexity index is 2230. The SMILES string of the molecule is Cn1c(C(=O)N2CCN(Cc3cccc(OCC(F)(F)F)c3)CC2)cc2ccc(Oc3cnc(-c4nc(-c5ccc(C(F)(F)F)cc5)no4)cn3)cc21. The Morgan fingerprint density at radius 3 is 2.34 bits per heavy atom. The molecule has 1 fully saturated rings. The highest BCUT2D eigenvalue weighted by atomic mass is 19.4. The molecule has 1 amide bonds. The summed E-state index contributed by atoms with van der Waals surface area (Å²) in [5.74, 6) is 0.751. The van der Waals surface area contributed by atoms with E-state index in [2.05, 4.69) is 25.0 Å². The molecule has 3 aromatic carbocycles. The fraction of sp³-hybridized carbons (Fsp3) is 0.250. The zero-order valence-electron chi connectivity index (χ0n) is 27.9. The van der Waals surface area contributed by atoms with Crippen LogP contribution in [0.2, 0.25) is 0 Å². The number of hydrogen-bond acceptors (Lipinski definition) is 9. The molecule has 0 radical (unpaired) electrons. The second kappa shape index (κ2) is 14.2. The number of piperazine rings is 1. The van der Waals surface area contributed by atoms with Gasteiger partial charge in [0.2, 0.25) is 11.7 Å². The van der Waals surface area contributed by atoms with E-state index in [-0.39, 0.29) is 34.9 Å². The summed E-state index contributed by atoms with van der Waals surface area (Å²) in [4.78, 5) is 30.2. The zero-order valence-corrected chi connectivity index (χ0v) is 27.9. The average molecular weight is 738 g/mol. The van der Waals surface area contributed by atoms with Crippen molar-refractivity contribution in [3.8, 4) is 40.4 Å². The largest absolute Gasteiger partial charge is 0.484 e. The van der Waals surface area contributed by atoms with Crippen LogP contribution in [-0.2, 0) is 19.8 Å². The third kappa shape index (κ3) is 8.25. The number of aromatic nitrogens is 5. The van der Waals surface area contributed by atoms with E-state index in [1.54, 1.807) is 40.8 Å². The minimum Gasteiger partial charge on any atom is -0.484 e. The summed E-state index contributed by atoms with van der Waals surface area (Å²) in [5, 5.41) is 4.66. The Balaban J connectivity index is 0.956. The van der Waals surface area contributed by atoms with Crippen LogP contribution < -0.4 is 9.47 Å². The van der Waals surface area contributed by atoms with Crippen LogP contribution in [0, 0.1) is 0 Å². The zero-order chi connectivity index (χ0) is 37.3. The number of amides is 1. The van der Waals surface area contributed by atoms with Crippen molar-refractivity contribution < 1.29 is 45.1 Å². The summed E-state index contributed by atoms with van der Waals surface area (Å²) in [6.07, 6.45) is -6.15. The summed E-state index contributed by atoms with van der Waals surface area (Å²) >= 11 is 0. The molecule has 11 nitrogen and oxygen atoms in total. The van der Waals surface area contributed by atoms with Crippen LogP contribution in [0.1, 0.15) is 21.6 Å². The lowest BCUT2D eigenvalue weighted by atomic mass is 10.1. The van der Waals surface area contributed by atoms with E-state index >= 15 is 0 Å². The maximum absolute atomic E-state index is 13.6. The standard InChI is InChI=1S/C36H29F6N7O4/c1-47-29-17-27(52-31-19-43-28(18-44-31)33-45-32(46-53-33)23-5-8-25(9-6-23)36(40,41)42)10-7-24(29)16-30(47)34(50)49-13-11-48(12-14-49)20-22-3-2-4-26(15-22)51-21-35(37,38)39/h2-10,15-19H,11-14,20-21H2,1H3. The van der Waals surface area contributed by atoms with Gasteiger partial charge in [-0.25, -0.2) is 9.97 Å². The van der Waals surface area contributed by atoms with Gasteiger partial charge in [-0.05, 0) is 48.0 Å². The van der Waals surface area contributed by atoms with Crippen LogP contribution in [0.4, 0.5) is 26.3 Å². The second-order valence-corrected chi connectivity index (χ2v) is 12.3. The average Bonchev–Trinajstić information content (AvgIpc) is 3.76. The fourth-order valence-electron chi connectivity index (χ4n) is 5.86. The summed E-state index contributed by atoms with van der Waals surface area (Å²) in [6.45, 7) is 1.30. The molecule has 274 valence electrons. The third-order valence-electron chi connectivity index (χ3n) is 8.57. The van der Waals surface area contributed by atoms with Crippen molar-refractivity contribution in [2.45, 2.75) is 18.9 Å². The maximum atomic E-state index is 13.6. The minimum atomic E-state index is -4.46. The topological polar surface area (TPSA) is 112 Å². The van der Waals surface area contributed by atoms with Gasteiger partial charge in [-0.15, -0.1) is 0 Å². The van der Waals surface area contributed by atoms with Crippen molar-refractivity contribution in [3.63, 3.8) is 0 Å². The number of carbonyl (C=O) groups is 1. The number of ether oxygens (including phenoxy) is 2. The smallest absolute Gasteiger partial charge is 0.422 e. The van der Waals surface area contributed by atoms with Gasteiger partial charge in [0.25, 0.3) is 11.8 Å². The van der Waals surface area contributed by atoms with Crippen LogP contribution in [0.3, 0.4) is 0 Å². The van der Waals surface area contributed by atoms with Crippen LogP contribution in [0.15, 0.2) is 89.7 Å². The van der Waals surface area contributed by atoms with E-state index < -0.39 is 24.5 Å². The van der Waals surface area contributed by atoms with Crippen LogP contribution in [0.5, 0.6) is 17.4 Å². The van der Waals surface area contributed by atoms with E-state index in [0.29, 0.717) is 49.7 Å². The second-order valence-electron chi connectivity index (χ2n) is 12.3. The number of nitrogens with zero attached hydrogens (tertiary/aromatic N) is 7. The van der Waals surface area contributed by atoms with Gasteiger partial charge in [-0.3, -0.25) is 9.69 Å². The quantitative estimate of drug-likeness (QED) is 0.140. The minimum absolute atomic E-state index is 0.0194. The summed E-state index contributed by atoms with van der Waals surface area (Å²) in [5.41, 5.74) is 1.85. The number of rotatable bonds is 9. The Kier molecular flexibility index (Phi) is 9.50. The summed E-state index contributed by atoms with van der Waals surface area (Å²) in [7, 11) is 1.79. The van der Waals surface area contributed by atoms with Gasteiger partial charge in [-0.2, -0.15) is 31.3 Å². The highest BCUT2D eigenvalue weighted by molar-refractivity contribution is 5.99. The molecule has 1 aliphatic rings. The molecule has 4 heterocycles. The van der Waals surface area contributed by atoms with E-state index in [4.69, 9.17) is 14.0 Å². The van der Waals surface area contributed by atoms with Crippen molar-refractivity contribution in [3.05, 3.63) is 102 Å². The predicted octanol–water partition coefficient (Wildman–Crippen LogP) is 7.40. The molecule has 0 unspecified atom stereocenters. The first-order valence-electron chi connectivity index (χ1n) is 16.2. The van der Waals surface area contributed by atoms with Gasteiger partial charge in [0, 0.05) is 56.8 Å². The first-order chi connectivity index (χ1) is 25.3. The van der Waals surface area contributed by atoms with Gasteiger partial charge in [0.1, 0.15) is 22.9 Å². The van der Waals surface area contributed by atoms with Gasteiger partial charge in [0.05, 0.1) is 23.5 Å². The van der Waals surface area contributed by atoms with Gasteiger partial charge < -0.3 is 23.5 Å². The fourth-order valence-corrected chi connectivity index (χ4v) is 5.86. The summed E-state index contributed by atoms with van der Waals surface area (Å²) < 4.78 is 94.1. The Morgan fingerprint density at radius 2 is 1.64 bits per heavy atom. The van der Waals surface area contributed by atoms with E-state index in [9.17, 15) is 31.1 Å². The summed E-state index contributed by atoms with van der Waals surface area (Å²) in [6, 6.07) is 18.1. The molecule has 0 atom stereocenters. The monoisotopic (exact) mass is 737 g/mol. The normalized spacial score (nSPS) is 14.1. The lowest BCUT2D eigenvalue weighted by Crippen LogP contribution is -2.48. The third-order valence-corrected chi connectivity index (χ3v) is 8.57. The predicted molar refractivity (Wildman–Crippen MR) is 178 cm³/mol. The molecule has 7 rings (SSSR count). The first kappa shape index (κ1) is 35.4. The van der Waals surface area contributed by atoms with Crippen molar-refractivity contribution in [1.29, 1.82) is 0 Å². The van der Waals surface area contributed by atoms with Crippen LogP contribution in [-0.4, -0.2) is 79.3 Å². The van der Waals surface area contributed by atoms with Crippen molar-refractivity contribution in [2.75, 3.05) is 32.8 Å². The number of aryl methyl sites for hydroxylation is 1. The number of hydrogen-bond donors (Lipinski definition) is 0. The Morgan fingerprint density at radius 1 is 0.868 bits per heavy atom. The molecule has 0 spiro atoms. The number of fused-ring (bicyclic) bond motifs is 1. The lowest BCUT2D eigenvalue weighted by molar-refractivity contribution is -0.153. The van der Waals surface area contributed by atoms with Crippen LogP contribution >= 0.6 is 0 Å². The molecule has 17 heteroatoms. The molecular weight excluding hydrogens is 708 g/mol. The van der Waals surface area contributed by atoms with E-state index in [1.807, 2.05) is 18.2 Å². The van der Waals surface area contributed by atoms with Crippen molar-refractivity contribution in [2.24, 2.45) is 7.05 Å². The molecular formula is C36H29F6N7O4. The molecule has 6 aromatic rings. The van der Waals surface area contributed by atoms with E-state index in [0.717, 1.165) is 28.6 Å². The van der Waals surface area contributed by atoms with E-state index in [1.165, 1.54) is 30.6 Å². The number of halogens is 6. The molecule has 53 heavy (non-hydrogen) atoms.